The van der Waals surface area contributed by atoms with E-state index in [1.807, 2.05) is 13.8 Å². The maximum atomic E-state index is 10.1. The minimum absolute atomic E-state index is 0.359. The highest BCUT2D eigenvalue weighted by molar-refractivity contribution is 7.45. The molecule has 0 spiro atoms. The number of ether oxygens (including phenoxy) is 1. The zero-order valence-electron chi connectivity index (χ0n) is 8.51. The standard InChI is InChI=1S/C5H8O2.C2H6.H3O4P/c1-3-5(6)7-4-2;1-2;1-5(2,3)4/h3H,1,4H2,2H3;1-2H3;(H3,1,2,3,4). The number of carbonyl (C=O) groups excluding carboxylic acids is 1. The second kappa shape index (κ2) is 12.3. The Balaban J connectivity index is -0.000000152. The first-order chi connectivity index (χ1) is 6.31. The zero-order valence-corrected chi connectivity index (χ0v) is 9.40. The van der Waals surface area contributed by atoms with E-state index in [2.05, 4.69) is 11.3 Å². The van der Waals surface area contributed by atoms with Crippen molar-refractivity contribution in [3.05, 3.63) is 12.7 Å². The van der Waals surface area contributed by atoms with Gasteiger partial charge in [0.2, 0.25) is 0 Å². The van der Waals surface area contributed by atoms with E-state index in [-0.39, 0.29) is 5.97 Å². The summed E-state index contributed by atoms with van der Waals surface area (Å²) >= 11 is 0. The van der Waals surface area contributed by atoms with Gasteiger partial charge in [-0.05, 0) is 6.92 Å². The van der Waals surface area contributed by atoms with Gasteiger partial charge < -0.3 is 19.4 Å². The van der Waals surface area contributed by atoms with Crippen LogP contribution in [0.15, 0.2) is 12.7 Å². The fourth-order valence-electron chi connectivity index (χ4n) is 0.201. The number of esters is 1. The molecule has 7 heteroatoms. The van der Waals surface area contributed by atoms with Crippen LogP contribution in [0, 0.1) is 0 Å². The van der Waals surface area contributed by atoms with Crippen molar-refractivity contribution >= 4 is 13.8 Å². The van der Waals surface area contributed by atoms with Crippen LogP contribution in [0.2, 0.25) is 0 Å². The second-order valence-corrected chi connectivity index (χ2v) is 2.50. The summed E-state index contributed by atoms with van der Waals surface area (Å²) in [5.74, 6) is -0.359. The predicted molar refractivity (Wildman–Crippen MR) is 52.4 cm³/mol. The Morgan fingerprint density at radius 2 is 1.71 bits per heavy atom. The highest BCUT2D eigenvalue weighted by Gasteiger charge is 2.00. The Labute approximate surface area is 83.5 Å². The van der Waals surface area contributed by atoms with E-state index in [9.17, 15) is 4.79 Å². The van der Waals surface area contributed by atoms with E-state index in [1.165, 1.54) is 0 Å². The van der Waals surface area contributed by atoms with E-state index in [0.29, 0.717) is 6.61 Å². The van der Waals surface area contributed by atoms with Crippen LogP contribution in [0.25, 0.3) is 0 Å². The van der Waals surface area contributed by atoms with Gasteiger partial charge in [-0.1, -0.05) is 20.4 Å². The SMILES string of the molecule is C=CC(=O)OCC.CC.O=P(O)(O)O. The highest BCUT2D eigenvalue weighted by Crippen LogP contribution is 2.25. The Morgan fingerprint density at radius 3 is 1.79 bits per heavy atom. The molecule has 6 nitrogen and oxygen atoms in total. The van der Waals surface area contributed by atoms with Gasteiger partial charge in [0.05, 0.1) is 6.61 Å². The topological polar surface area (TPSA) is 104 Å². The molecule has 0 aromatic carbocycles. The van der Waals surface area contributed by atoms with Gasteiger partial charge in [-0.2, -0.15) is 0 Å². The number of hydrogen-bond acceptors (Lipinski definition) is 3. The zero-order chi connectivity index (χ0) is 12.2. The molecule has 0 heterocycles. The maximum absolute atomic E-state index is 10.1. The summed E-state index contributed by atoms with van der Waals surface area (Å²) in [5.41, 5.74) is 0. The fraction of sp³-hybridized carbons (Fsp3) is 0.571. The summed E-state index contributed by atoms with van der Waals surface area (Å²) in [5, 5.41) is 0. The summed E-state index contributed by atoms with van der Waals surface area (Å²) < 4.78 is 13.3. The molecule has 0 unspecified atom stereocenters. The van der Waals surface area contributed by atoms with Gasteiger partial charge in [0.15, 0.2) is 0 Å². The molecule has 0 fully saturated rings. The molecule has 14 heavy (non-hydrogen) atoms. The number of hydrogen-bond donors (Lipinski definition) is 3. The third-order valence-corrected chi connectivity index (χ3v) is 0.453. The van der Waals surface area contributed by atoms with Crippen LogP contribution in [-0.2, 0) is 14.1 Å². The summed E-state index contributed by atoms with van der Waals surface area (Å²) in [6, 6.07) is 0. The molecule has 0 atom stereocenters. The molecule has 86 valence electrons. The molecular weight excluding hydrogens is 211 g/mol. The van der Waals surface area contributed by atoms with E-state index < -0.39 is 7.82 Å². The van der Waals surface area contributed by atoms with Crippen molar-refractivity contribution in [2.45, 2.75) is 20.8 Å². The Morgan fingerprint density at radius 1 is 1.43 bits per heavy atom. The van der Waals surface area contributed by atoms with Gasteiger partial charge in [0, 0.05) is 6.08 Å². The third kappa shape index (κ3) is 64.6. The van der Waals surface area contributed by atoms with Gasteiger partial charge in [-0.3, -0.25) is 0 Å². The molecule has 0 saturated carbocycles. The predicted octanol–water partition coefficient (Wildman–Crippen LogP) is 0.833. The quantitative estimate of drug-likeness (QED) is 0.367. The van der Waals surface area contributed by atoms with Gasteiger partial charge >= 0.3 is 13.8 Å². The highest BCUT2D eigenvalue weighted by atomic mass is 31.2. The molecule has 0 aromatic rings. The van der Waals surface area contributed by atoms with Crippen LogP contribution >= 0.6 is 7.82 Å². The molecular formula is C7H17O6P. The van der Waals surface area contributed by atoms with Crippen molar-refractivity contribution in [3.8, 4) is 0 Å². The smallest absolute Gasteiger partial charge is 0.463 e. The lowest BCUT2D eigenvalue weighted by Gasteiger charge is -1.90. The Kier molecular flexibility index (Phi) is 16.7. The summed E-state index contributed by atoms with van der Waals surface area (Å²) in [6.07, 6.45) is 1.14. The fourth-order valence-corrected chi connectivity index (χ4v) is 0.201. The van der Waals surface area contributed by atoms with Crippen molar-refractivity contribution in [2.24, 2.45) is 0 Å². The minimum Gasteiger partial charge on any atom is -0.463 e. The van der Waals surface area contributed by atoms with E-state index >= 15 is 0 Å². The first-order valence-corrected chi connectivity index (χ1v) is 5.45. The molecule has 0 radical (unpaired) electrons. The normalized spacial score (nSPS) is 8.43. The van der Waals surface area contributed by atoms with Crippen molar-refractivity contribution in [3.63, 3.8) is 0 Å². The molecule has 0 rings (SSSR count). The molecule has 0 bridgehead atoms. The van der Waals surface area contributed by atoms with Gasteiger partial charge in [0.1, 0.15) is 0 Å². The van der Waals surface area contributed by atoms with E-state index in [0.717, 1.165) is 6.08 Å². The molecule has 0 saturated heterocycles. The first kappa shape index (κ1) is 19.0. The first-order valence-electron chi connectivity index (χ1n) is 3.88. The van der Waals surface area contributed by atoms with Crippen LogP contribution in [0.5, 0.6) is 0 Å². The average Bonchev–Trinajstić information content (AvgIpc) is 2.05. The largest absolute Gasteiger partial charge is 0.466 e. The number of phosphoric acid groups is 1. The molecule has 0 aliphatic rings. The lowest BCUT2D eigenvalue weighted by atomic mass is 10.6. The van der Waals surface area contributed by atoms with Gasteiger partial charge in [-0.25, -0.2) is 9.36 Å². The minimum atomic E-state index is -4.64. The van der Waals surface area contributed by atoms with Crippen LogP contribution in [-0.4, -0.2) is 27.3 Å². The van der Waals surface area contributed by atoms with Gasteiger partial charge in [-0.15, -0.1) is 0 Å². The molecule has 0 amide bonds. The summed E-state index contributed by atoms with van der Waals surface area (Å²) in [7, 11) is -4.64. The van der Waals surface area contributed by atoms with Crippen molar-refractivity contribution < 1.29 is 28.8 Å². The van der Waals surface area contributed by atoms with Crippen LogP contribution < -0.4 is 0 Å². The summed E-state index contributed by atoms with van der Waals surface area (Å²) in [6.45, 7) is 9.38. The summed E-state index contributed by atoms with van der Waals surface area (Å²) in [4.78, 5) is 31.6. The van der Waals surface area contributed by atoms with Crippen LogP contribution in [0.3, 0.4) is 0 Å². The molecule has 0 aliphatic carbocycles. The maximum Gasteiger partial charge on any atom is 0.466 e. The van der Waals surface area contributed by atoms with Crippen molar-refractivity contribution in [2.75, 3.05) is 6.61 Å². The molecule has 0 aromatic heterocycles. The van der Waals surface area contributed by atoms with Gasteiger partial charge in [0.25, 0.3) is 0 Å². The Hall–Kier alpha value is -0.680. The molecule has 3 N–H and O–H groups in total. The molecule has 0 aliphatic heterocycles. The number of carbonyl (C=O) groups is 1. The number of rotatable bonds is 2. The van der Waals surface area contributed by atoms with Crippen molar-refractivity contribution in [1.29, 1.82) is 0 Å². The third-order valence-electron chi connectivity index (χ3n) is 0.453. The van der Waals surface area contributed by atoms with E-state index in [4.69, 9.17) is 19.2 Å². The van der Waals surface area contributed by atoms with Crippen LogP contribution in [0.4, 0.5) is 0 Å². The monoisotopic (exact) mass is 228 g/mol. The van der Waals surface area contributed by atoms with E-state index in [1.54, 1.807) is 6.92 Å². The average molecular weight is 228 g/mol. The van der Waals surface area contributed by atoms with Crippen LogP contribution in [0.1, 0.15) is 20.8 Å². The lowest BCUT2D eigenvalue weighted by Crippen LogP contribution is -1.97. The lowest BCUT2D eigenvalue weighted by molar-refractivity contribution is -0.137. The Bertz CT molecular complexity index is 176. The van der Waals surface area contributed by atoms with Crippen molar-refractivity contribution in [1.82, 2.24) is 0 Å². The second-order valence-electron chi connectivity index (χ2n) is 1.47.